The van der Waals surface area contributed by atoms with Crippen LogP contribution >= 0.6 is 0 Å². The molecule has 0 radical (unpaired) electrons. The Morgan fingerprint density at radius 1 is 1.15 bits per heavy atom. The molecule has 1 aromatic carbocycles. The summed E-state index contributed by atoms with van der Waals surface area (Å²) < 4.78 is 18.7. The van der Waals surface area contributed by atoms with Crippen LogP contribution in [-0.4, -0.2) is 78.9 Å². The Morgan fingerprint density at radius 2 is 1.89 bits per heavy atom. The lowest BCUT2D eigenvalue weighted by molar-refractivity contribution is -0.136. The minimum Gasteiger partial charge on any atom is -0.496 e. The number of nitrogens with zero attached hydrogens (tertiary/aromatic N) is 3. The number of carbonyl (C=O) groups is 2. The van der Waals surface area contributed by atoms with Crippen LogP contribution < -0.4 is 4.74 Å². The number of likely N-dealkylation sites (tertiary alicyclic amines) is 1. The molecule has 6 nitrogen and oxygen atoms in total. The molecule has 7 heteroatoms. The Bertz CT molecular complexity index is 689. The topological polar surface area (TPSA) is 53.1 Å². The molecule has 148 valence electrons. The van der Waals surface area contributed by atoms with Crippen molar-refractivity contribution < 1.29 is 18.7 Å². The highest BCUT2D eigenvalue weighted by Crippen LogP contribution is 2.22. The third-order valence-corrected chi connectivity index (χ3v) is 5.53. The summed E-state index contributed by atoms with van der Waals surface area (Å²) >= 11 is 0. The van der Waals surface area contributed by atoms with Crippen molar-refractivity contribution in [1.82, 2.24) is 14.7 Å². The van der Waals surface area contributed by atoms with Crippen molar-refractivity contribution in [1.29, 1.82) is 0 Å². The number of hydrogen-bond donors (Lipinski definition) is 0. The van der Waals surface area contributed by atoms with Gasteiger partial charge < -0.3 is 14.5 Å². The molecule has 0 spiro atoms. The number of halogens is 1. The van der Waals surface area contributed by atoms with Crippen molar-refractivity contribution in [3.05, 3.63) is 29.6 Å². The van der Waals surface area contributed by atoms with Crippen molar-refractivity contribution in [2.75, 3.05) is 46.4 Å². The van der Waals surface area contributed by atoms with Gasteiger partial charge in [-0.25, -0.2) is 4.39 Å². The molecule has 2 amide bonds. The Kier molecular flexibility index (Phi) is 6.31. The number of rotatable bonds is 4. The van der Waals surface area contributed by atoms with Gasteiger partial charge in [0, 0.05) is 38.8 Å². The summed E-state index contributed by atoms with van der Waals surface area (Å²) in [7, 11) is 1.47. The molecule has 2 heterocycles. The van der Waals surface area contributed by atoms with Crippen LogP contribution in [0.3, 0.4) is 0 Å². The number of piperazine rings is 1. The van der Waals surface area contributed by atoms with Gasteiger partial charge in [-0.1, -0.05) is 0 Å². The second-order valence-corrected chi connectivity index (χ2v) is 7.34. The molecule has 1 atom stereocenters. The maximum Gasteiger partial charge on any atom is 0.257 e. The van der Waals surface area contributed by atoms with Gasteiger partial charge in [0.15, 0.2) is 0 Å². The Balaban J connectivity index is 1.55. The van der Waals surface area contributed by atoms with E-state index in [2.05, 4.69) is 11.8 Å². The summed E-state index contributed by atoms with van der Waals surface area (Å²) in [4.78, 5) is 31.1. The van der Waals surface area contributed by atoms with Crippen LogP contribution in [-0.2, 0) is 4.79 Å². The largest absolute Gasteiger partial charge is 0.496 e. The molecular weight excluding hydrogens is 349 g/mol. The zero-order valence-corrected chi connectivity index (χ0v) is 16.1. The average molecular weight is 377 g/mol. The van der Waals surface area contributed by atoms with Gasteiger partial charge >= 0.3 is 0 Å². The number of carbonyl (C=O) groups excluding carboxylic acids is 2. The molecule has 3 rings (SSSR count). The van der Waals surface area contributed by atoms with E-state index < -0.39 is 5.82 Å². The zero-order valence-electron chi connectivity index (χ0n) is 16.1. The van der Waals surface area contributed by atoms with Crippen molar-refractivity contribution >= 4 is 11.8 Å². The summed E-state index contributed by atoms with van der Waals surface area (Å²) in [6.45, 7) is 5.66. The molecule has 2 fully saturated rings. The van der Waals surface area contributed by atoms with E-state index in [0.717, 1.165) is 19.4 Å². The highest BCUT2D eigenvalue weighted by molar-refractivity contribution is 5.97. The maximum absolute atomic E-state index is 13.5. The molecule has 0 aliphatic carbocycles. The first-order chi connectivity index (χ1) is 13.0. The Morgan fingerprint density at radius 3 is 2.56 bits per heavy atom. The van der Waals surface area contributed by atoms with E-state index in [1.165, 1.54) is 31.7 Å². The van der Waals surface area contributed by atoms with Crippen LogP contribution in [0.1, 0.15) is 36.5 Å². The lowest BCUT2D eigenvalue weighted by Crippen LogP contribution is -2.53. The van der Waals surface area contributed by atoms with Crippen LogP contribution in [0.2, 0.25) is 0 Å². The lowest BCUT2D eigenvalue weighted by atomic mass is 10.0. The fraction of sp³-hybridized carbons (Fsp3) is 0.600. The zero-order chi connectivity index (χ0) is 19.4. The molecule has 0 N–H and O–H groups in total. The molecule has 0 saturated carbocycles. The van der Waals surface area contributed by atoms with E-state index in [0.29, 0.717) is 44.5 Å². The van der Waals surface area contributed by atoms with E-state index in [1.807, 2.05) is 4.90 Å². The van der Waals surface area contributed by atoms with Gasteiger partial charge in [0.2, 0.25) is 5.91 Å². The Hall–Kier alpha value is -2.15. The average Bonchev–Trinajstić information content (AvgIpc) is 2.68. The number of hydrogen-bond acceptors (Lipinski definition) is 4. The summed E-state index contributed by atoms with van der Waals surface area (Å²) in [5.41, 5.74) is 0.240. The summed E-state index contributed by atoms with van der Waals surface area (Å²) in [5.74, 6) is -0.145. The number of ether oxygens (including phenoxy) is 1. The third-order valence-electron chi connectivity index (χ3n) is 5.53. The van der Waals surface area contributed by atoms with E-state index in [9.17, 15) is 14.0 Å². The highest BCUT2D eigenvalue weighted by atomic mass is 19.1. The van der Waals surface area contributed by atoms with Crippen molar-refractivity contribution in [2.24, 2.45) is 0 Å². The number of piperidine rings is 1. The van der Waals surface area contributed by atoms with Crippen LogP contribution in [0, 0.1) is 5.82 Å². The lowest BCUT2D eigenvalue weighted by Gasteiger charge is -2.38. The van der Waals surface area contributed by atoms with Gasteiger partial charge in [0.1, 0.15) is 11.6 Å². The quantitative estimate of drug-likeness (QED) is 0.805. The fourth-order valence-corrected chi connectivity index (χ4v) is 3.88. The molecule has 2 saturated heterocycles. The molecular formula is C20H28FN3O3. The number of benzene rings is 1. The summed E-state index contributed by atoms with van der Waals surface area (Å²) in [6.07, 6.45) is 3.34. The standard InChI is InChI=1S/C20H28FN3O3/c1-15-5-3-4-8-24(15)19(25)14-22-9-11-23(12-10-22)20(26)17-13-16(21)6-7-18(17)27-2/h6-7,13,15H,3-5,8-12,14H2,1-2H3. The highest BCUT2D eigenvalue weighted by Gasteiger charge is 2.28. The van der Waals surface area contributed by atoms with E-state index in [1.54, 1.807) is 4.90 Å². The van der Waals surface area contributed by atoms with Crippen molar-refractivity contribution in [3.8, 4) is 5.75 Å². The molecule has 1 aromatic rings. The second kappa shape index (κ2) is 8.69. The Labute approximate surface area is 159 Å². The fourth-order valence-electron chi connectivity index (χ4n) is 3.88. The van der Waals surface area contributed by atoms with E-state index in [4.69, 9.17) is 4.74 Å². The van der Waals surface area contributed by atoms with E-state index >= 15 is 0 Å². The van der Waals surface area contributed by atoms with Crippen molar-refractivity contribution in [3.63, 3.8) is 0 Å². The minimum absolute atomic E-state index is 0.175. The normalized spacial score (nSPS) is 21.2. The maximum atomic E-state index is 13.5. The first-order valence-corrected chi connectivity index (χ1v) is 9.64. The third kappa shape index (κ3) is 4.58. The van der Waals surface area contributed by atoms with E-state index in [-0.39, 0.29) is 17.4 Å². The molecule has 0 bridgehead atoms. The first kappa shape index (κ1) is 19.6. The monoisotopic (exact) mass is 377 g/mol. The van der Waals surface area contributed by atoms with Gasteiger partial charge in [-0.15, -0.1) is 0 Å². The van der Waals surface area contributed by atoms with Gasteiger partial charge in [-0.3, -0.25) is 14.5 Å². The predicted molar refractivity (Wildman–Crippen MR) is 100 cm³/mol. The van der Waals surface area contributed by atoms with Gasteiger partial charge in [-0.05, 0) is 44.4 Å². The molecule has 1 unspecified atom stereocenters. The summed E-state index contributed by atoms with van der Waals surface area (Å²) in [5, 5.41) is 0. The van der Waals surface area contributed by atoms with Gasteiger partial charge in [0.25, 0.3) is 5.91 Å². The van der Waals surface area contributed by atoms with Gasteiger partial charge in [0.05, 0.1) is 19.2 Å². The predicted octanol–water partition coefficient (Wildman–Crippen LogP) is 1.99. The smallest absolute Gasteiger partial charge is 0.257 e. The molecule has 0 aromatic heterocycles. The first-order valence-electron chi connectivity index (χ1n) is 9.64. The van der Waals surface area contributed by atoms with Crippen LogP contribution in [0.4, 0.5) is 4.39 Å². The van der Waals surface area contributed by atoms with Crippen molar-refractivity contribution in [2.45, 2.75) is 32.2 Å². The molecule has 2 aliphatic heterocycles. The SMILES string of the molecule is COc1ccc(F)cc1C(=O)N1CCN(CC(=O)N2CCCCC2C)CC1. The number of methoxy groups -OCH3 is 1. The van der Waals surface area contributed by atoms with Crippen LogP contribution in [0.25, 0.3) is 0 Å². The second-order valence-electron chi connectivity index (χ2n) is 7.34. The molecule has 27 heavy (non-hydrogen) atoms. The minimum atomic E-state index is -0.459. The number of amides is 2. The molecule has 2 aliphatic rings. The van der Waals surface area contributed by atoms with Crippen LogP contribution in [0.15, 0.2) is 18.2 Å². The van der Waals surface area contributed by atoms with Gasteiger partial charge in [-0.2, -0.15) is 0 Å². The summed E-state index contributed by atoms with van der Waals surface area (Å²) in [6, 6.07) is 4.28. The van der Waals surface area contributed by atoms with Crippen LogP contribution in [0.5, 0.6) is 5.75 Å².